The molecule has 2 heterocycles. The number of hydrogen-bond donors (Lipinski definition) is 2. The van der Waals surface area contributed by atoms with Crippen molar-refractivity contribution in [3.05, 3.63) is 11.8 Å². The van der Waals surface area contributed by atoms with Gasteiger partial charge in [0.2, 0.25) is 11.0 Å². The van der Waals surface area contributed by atoms with Crippen LogP contribution in [0.25, 0.3) is 0 Å². The first kappa shape index (κ1) is 9.22. The van der Waals surface area contributed by atoms with E-state index in [4.69, 9.17) is 10.8 Å². The molecule has 0 radical (unpaired) electrons. The van der Waals surface area contributed by atoms with Crippen molar-refractivity contribution in [1.29, 1.82) is 0 Å². The van der Waals surface area contributed by atoms with Gasteiger partial charge in [-0.25, -0.2) is 4.79 Å². The molecule has 1 saturated heterocycles. The first-order chi connectivity index (χ1) is 6.52. The molecule has 2 atom stereocenters. The Morgan fingerprint density at radius 2 is 2.21 bits per heavy atom. The molecule has 0 spiro atoms. The van der Waals surface area contributed by atoms with Gasteiger partial charge in [0.05, 0.1) is 0 Å². The number of aliphatic carboxylic acids is 1. The zero-order chi connectivity index (χ0) is 10.5. The van der Waals surface area contributed by atoms with E-state index >= 15 is 0 Å². The van der Waals surface area contributed by atoms with Gasteiger partial charge in [0.1, 0.15) is 17.1 Å². The van der Waals surface area contributed by atoms with Crippen molar-refractivity contribution < 1.29 is 19.5 Å². The van der Waals surface area contributed by atoms with Crippen molar-refractivity contribution >= 4 is 28.8 Å². The Morgan fingerprint density at radius 1 is 1.57 bits per heavy atom. The minimum absolute atomic E-state index is 0.287. The third-order valence-electron chi connectivity index (χ3n) is 2.05. The number of nitrogens with two attached hydrogens (primary N) is 1. The Bertz CT molecular complexity index is 378. The highest BCUT2D eigenvalue weighted by Gasteiger charge is 2.51. The number of thioether (sulfide) groups is 1. The van der Waals surface area contributed by atoms with Crippen molar-refractivity contribution in [1.82, 2.24) is 4.90 Å². The molecule has 6 nitrogen and oxygen atoms in total. The van der Waals surface area contributed by atoms with Gasteiger partial charge >= 0.3 is 5.97 Å². The lowest BCUT2D eigenvalue weighted by Gasteiger charge is -2.45. The average molecular weight is 214 g/mol. The summed E-state index contributed by atoms with van der Waals surface area (Å²) in [7, 11) is 0. The molecule has 1 amide bonds. The number of carbonyl (C=O) groups is 3. The predicted molar refractivity (Wildman–Crippen MR) is 46.9 cm³/mol. The van der Waals surface area contributed by atoms with Crippen LogP contribution in [-0.2, 0) is 14.4 Å². The average Bonchev–Trinajstić information content (AvgIpc) is 2.15. The number of amides is 1. The van der Waals surface area contributed by atoms with Gasteiger partial charge < -0.3 is 10.8 Å². The van der Waals surface area contributed by atoms with Crippen molar-refractivity contribution in [2.45, 2.75) is 11.4 Å². The lowest BCUT2D eigenvalue weighted by atomic mass is 10.1. The van der Waals surface area contributed by atoms with Crippen LogP contribution in [0, 0.1) is 0 Å². The third-order valence-corrected chi connectivity index (χ3v) is 3.15. The lowest BCUT2D eigenvalue weighted by molar-refractivity contribution is -0.148. The third kappa shape index (κ3) is 1.06. The highest BCUT2D eigenvalue weighted by Crippen LogP contribution is 2.36. The van der Waals surface area contributed by atoms with Crippen LogP contribution < -0.4 is 5.73 Å². The zero-order valence-corrected chi connectivity index (χ0v) is 7.65. The molecule has 14 heavy (non-hydrogen) atoms. The highest BCUT2D eigenvalue weighted by molar-refractivity contribution is 8.14. The molecule has 2 aliphatic heterocycles. The number of hydrogen-bond acceptors (Lipinski definition) is 5. The molecular formula is C7H6N2O4S. The van der Waals surface area contributed by atoms with E-state index < -0.39 is 23.3 Å². The molecule has 7 heteroatoms. The fourth-order valence-electron chi connectivity index (χ4n) is 1.37. The maximum absolute atomic E-state index is 11.2. The van der Waals surface area contributed by atoms with Gasteiger partial charge in [-0.1, -0.05) is 11.8 Å². The number of rotatable bonds is 1. The van der Waals surface area contributed by atoms with Crippen LogP contribution >= 0.6 is 11.8 Å². The standard InChI is InChI=1S/C7H6N2O4S/c8-4-5(11)9-2(7(12)13)1-3(10)14-6(4)9/h1,4,6H,8H2,(H,12,13)/t4-,6+/m1/s1. The second kappa shape index (κ2) is 2.82. The van der Waals surface area contributed by atoms with Crippen LogP contribution in [0.2, 0.25) is 0 Å². The summed E-state index contributed by atoms with van der Waals surface area (Å²) in [6, 6.07) is -0.771. The summed E-state index contributed by atoms with van der Waals surface area (Å²) >= 11 is 0.871. The molecule has 2 rings (SSSR count). The first-order valence-electron chi connectivity index (χ1n) is 3.76. The van der Waals surface area contributed by atoms with E-state index in [1.165, 1.54) is 0 Å². The SMILES string of the molecule is N[C@@H]1C(=O)N2C(C(=O)O)=CC(=O)S[C@@H]12. The monoisotopic (exact) mass is 214 g/mol. The normalized spacial score (nSPS) is 30.6. The van der Waals surface area contributed by atoms with Gasteiger partial charge in [-0.15, -0.1) is 0 Å². The van der Waals surface area contributed by atoms with Crippen molar-refractivity contribution in [2.24, 2.45) is 5.73 Å². The molecule has 0 saturated carbocycles. The van der Waals surface area contributed by atoms with Gasteiger partial charge in [0.25, 0.3) is 0 Å². The Morgan fingerprint density at radius 3 is 2.79 bits per heavy atom. The fraction of sp³-hybridized carbons (Fsp3) is 0.286. The van der Waals surface area contributed by atoms with Crippen LogP contribution in [0.4, 0.5) is 0 Å². The van der Waals surface area contributed by atoms with E-state index in [0.717, 1.165) is 22.7 Å². The number of β-lactam (4-membered cyclic amide) rings is 1. The van der Waals surface area contributed by atoms with E-state index in [0.29, 0.717) is 0 Å². The Hall–Kier alpha value is -1.34. The van der Waals surface area contributed by atoms with E-state index in [-0.39, 0.29) is 10.8 Å². The number of carboxylic acid groups (broad SMARTS) is 1. The maximum Gasteiger partial charge on any atom is 0.352 e. The summed E-state index contributed by atoms with van der Waals surface area (Å²) in [5, 5.41) is 7.78. The molecule has 0 aromatic rings. The molecule has 0 aromatic heterocycles. The first-order valence-corrected chi connectivity index (χ1v) is 4.64. The fourth-order valence-corrected chi connectivity index (χ4v) is 2.37. The summed E-state index contributed by atoms with van der Waals surface area (Å²) in [4.78, 5) is 34.0. The van der Waals surface area contributed by atoms with Crippen molar-refractivity contribution in [3.63, 3.8) is 0 Å². The van der Waals surface area contributed by atoms with Crippen molar-refractivity contribution in [2.75, 3.05) is 0 Å². The molecule has 0 aliphatic carbocycles. The molecule has 2 aliphatic rings. The van der Waals surface area contributed by atoms with E-state index in [2.05, 4.69) is 0 Å². The van der Waals surface area contributed by atoms with Crippen LogP contribution in [0.15, 0.2) is 11.8 Å². The molecule has 74 valence electrons. The van der Waals surface area contributed by atoms with E-state index in [1.807, 2.05) is 0 Å². The van der Waals surface area contributed by atoms with Gasteiger partial charge in [0, 0.05) is 6.08 Å². The smallest absolute Gasteiger partial charge is 0.352 e. The number of nitrogens with zero attached hydrogens (tertiary/aromatic N) is 1. The quantitative estimate of drug-likeness (QED) is 0.527. The van der Waals surface area contributed by atoms with E-state index in [9.17, 15) is 14.4 Å². The summed E-state index contributed by atoms with van der Waals surface area (Å²) in [6.45, 7) is 0. The van der Waals surface area contributed by atoms with Gasteiger partial charge in [-0.05, 0) is 0 Å². The number of fused-ring (bicyclic) bond motifs is 1. The van der Waals surface area contributed by atoms with Gasteiger partial charge in [0.15, 0.2) is 0 Å². The summed E-state index contributed by atoms with van der Waals surface area (Å²) in [5.41, 5.74) is 5.13. The Kier molecular flexibility index (Phi) is 1.86. The Balaban J connectivity index is 2.37. The Labute approximate surface area is 82.7 Å². The van der Waals surface area contributed by atoms with Crippen LogP contribution in [-0.4, -0.2) is 38.4 Å². The van der Waals surface area contributed by atoms with Gasteiger partial charge in [-0.2, -0.15) is 0 Å². The number of carboxylic acids is 1. The summed E-state index contributed by atoms with van der Waals surface area (Å²) in [6.07, 6.45) is 0.938. The van der Waals surface area contributed by atoms with Gasteiger partial charge in [-0.3, -0.25) is 14.5 Å². The van der Waals surface area contributed by atoms with Crippen LogP contribution in [0.5, 0.6) is 0 Å². The second-order valence-corrected chi connectivity index (χ2v) is 4.02. The molecule has 0 aromatic carbocycles. The highest BCUT2D eigenvalue weighted by atomic mass is 32.2. The van der Waals surface area contributed by atoms with Crippen LogP contribution in [0.3, 0.4) is 0 Å². The maximum atomic E-state index is 11.2. The predicted octanol–water partition coefficient (Wildman–Crippen LogP) is -1.28. The lowest BCUT2D eigenvalue weighted by Crippen LogP contribution is -2.68. The molecule has 0 unspecified atom stereocenters. The number of carbonyl (C=O) groups excluding carboxylic acids is 2. The summed E-state index contributed by atoms with van der Waals surface area (Å²) in [5.74, 6) is -1.74. The summed E-state index contributed by atoms with van der Waals surface area (Å²) < 4.78 is 0. The van der Waals surface area contributed by atoms with Crippen molar-refractivity contribution in [3.8, 4) is 0 Å². The molecule has 0 bridgehead atoms. The second-order valence-electron chi connectivity index (χ2n) is 2.90. The minimum Gasteiger partial charge on any atom is -0.477 e. The van der Waals surface area contributed by atoms with E-state index in [1.54, 1.807) is 0 Å². The van der Waals surface area contributed by atoms with Crippen LogP contribution in [0.1, 0.15) is 0 Å². The topological polar surface area (TPSA) is 101 Å². The largest absolute Gasteiger partial charge is 0.477 e. The molecule has 3 N–H and O–H groups in total. The molecule has 1 fully saturated rings. The molecular weight excluding hydrogens is 208 g/mol. The minimum atomic E-state index is -1.29. The zero-order valence-electron chi connectivity index (χ0n) is 6.84.